The highest BCUT2D eigenvalue weighted by atomic mass is 31.1. The first kappa shape index (κ1) is 29.9. The van der Waals surface area contributed by atoms with E-state index < -0.39 is 13.3 Å². The molecular weight excluding hydrogens is 636 g/mol. The van der Waals surface area contributed by atoms with Crippen LogP contribution in [0.4, 0.5) is 0 Å². The van der Waals surface area contributed by atoms with Gasteiger partial charge < -0.3 is 4.74 Å². The Kier molecular flexibility index (Phi) is 7.08. The maximum atomic E-state index is 6.80. The van der Waals surface area contributed by atoms with Gasteiger partial charge in [0.2, 0.25) is 0 Å². The van der Waals surface area contributed by atoms with Crippen molar-refractivity contribution in [3.63, 3.8) is 0 Å². The smallest absolute Gasteiger partial charge is 0.132 e. The number of ether oxygens (including phenoxy) is 1. The molecule has 1 nitrogen and oxygen atoms in total. The molecule has 1 heterocycles. The van der Waals surface area contributed by atoms with Crippen molar-refractivity contribution in [2.24, 2.45) is 0 Å². The Hall–Kier alpha value is -6.01. The van der Waals surface area contributed by atoms with Crippen molar-refractivity contribution >= 4 is 23.8 Å². The van der Waals surface area contributed by atoms with Gasteiger partial charge in [0.25, 0.3) is 0 Å². The summed E-state index contributed by atoms with van der Waals surface area (Å²) in [5, 5.41) is 4.05. The zero-order valence-electron chi connectivity index (χ0n) is 27.9. The first-order valence-electron chi connectivity index (χ1n) is 17.5. The van der Waals surface area contributed by atoms with Crippen LogP contribution < -0.4 is 20.7 Å². The van der Waals surface area contributed by atoms with Crippen LogP contribution in [0.5, 0.6) is 11.5 Å². The van der Waals surface area contributed by atoms with Gasteiger partial charge in [-0.2, -0.15) is 0 Å². The molecule has 8 aromatic carbocycles. The van der Waals surface area contributed by atoms with E-state index in [4.69, 9.17) is 4.74 Å². The van der Waals surface area contributed by atoms with E-state index in [-0.39, 0.29) is 0 Å². The molecular formula is C49H33OP. The second-order valence-corrected chi connectivity index (χ2v) is 15.5. The van der Waals surface area contributed by atoms with Crippen LogP contribution in [0.25, 0.3) is 33.4 Å². The van der Waals surface area contributed by atoms with Crippen LogP contribution in [-0.4, -0.2) is 0 Å². The predicted octanol–water partition coefficient (Wildman–Crippen LogP) is 11.2. The Balaban J connectivity index is 1.08. The van der Waals surface area contributed by atoms with Gasteiger partial charge >= 0.3 is 0 Å². The summed E-state index contributed by atoms with van der Waals surface area (Å²) in [5.74, 6) is 1.81. The first-order chi connectivity index (χ1) is 25.3. The highest BCUT2D eigenvalue weighted by molar-refractivity contribution is 7.79. The fourth-order valence-electron chi connectivity index (χ4n) is 8.34. The molecule has 0 saturated heterocycles. The molecule has 10 rings (SSSR count). The summed E-state index contributed by atoms with van der Waals surface area (Å²) in [6, 6.07) is 73.0. The van der Waals surface area contributed by atoms with E-state index in [9.17, 15) is 0 Å². The summed E-state index contributed by atoms with van der Waals surface area (Å²) >= 11 is 0. The quantitative estimate of drug-likeness (QED) is 0.166. The summed E-state index contributed by atoms with van der Waals surface area (Å²) in [7, 11) is -0.692. The molecule has 0 unspecified atom stereocenters. The van der Waals surface area contributed by atoms with Gasteiger partial charge in [0.15, 0.2) is 0 Å². The van der Waals surface area contributed by atoms with Gasteiger partial charge in [0.05, 0.1) is 5.41 Å². The zero-order valence-corrected chi connectivity index (χ0v) is 28.8. The highest BCUT2D eigenvalue weighted by Crippen LogP contribution is 2.62. The van der Waals surface area contributed by atoms with Crippen LogP contribution >= 0.6 is 7.92 Å². The molecule has 1 aliphatic carbocycles. The summed E-state index contributed by atoms with van der Waals surface area (Å²) in [4.78, 5) is 0. The maximum absolute atomic E-state index is 6.80. The number of fused-ring (bicyclic) bond motifs is 9. The van der Waals surface area contributed by atoms with Gasteiger partial charge in [-0.05, 0) is 92.6 Å². The largest absolute Gasteiger partial charge is 0.457 e. The van der Waals surface area contributed by atoms with E-state index in [0.717, 1.165) is 22.6 Å². The van der Waals surface area contributed by atoms with Gasteiger partial charge in [-0.25, -0.2) is 0 Å². The van der Waals surface area contributed by atoms with Crippen molar-refractivity contribution in [3.8, 4) is 44.9 Å². The Labute approximate surface area is 300 Å². The normalized spacial score (nSPS) is 13.2. The molecule has 1 aliphatic heterocycles. The second kappa shape index (κ2) is 12.1. The van der Waals surface area contributed by atoms with Crippen molar-refractivity contribution in [1.29, 1.82) is 0 Å². The molecule has 0 bridgehead atoms. The minimum Gasteiger partial charge on any atom is -0.457 e. The maximum Gasteiger partial charge on any atom is 0.132 e. The third-order valence-corrected chi connectivity index (χ3v) is 12.9. The van der Waals surface area contributed by atoms with Crippen LogP contribution in [0.15, 0.2) is 200 Å². The number of benzene rings is 8. The molecule has 0 N–H and O–H groups in total. The molecule has 240 valence electrons. The molecule has 0 aromatic heterocycles. The van der Waals surface area contributed by atoms with Crippen LogP contribution in [0, 0.1) is 0 Å². The Bertz CT molecular complexity index is 2490. The van der Waals surface area contributed by atoms with E-state index in [1.54, 1.807) is 0 Å². The number of hydrogen-bond donors (Lipinski definition) is 0. The number of para-hydroxylation sites is 1. The summed E-state index contributed by atoms with van der Waals surface area (Å²) in [5.41, 5.74) is 11.8. The van der Waals surface area contributed by atoms with Crippen molar-refractivity contribution in [2.45, 2.75) is 5.41 Å². The topological polar surface area (TPSA) is 9.23 Å². The SMILES string of the molecule is c1ccc(P(c2ccccc2)c2cccc(-c3cccc(-c4ccc5c(c4)Oc4ccccc4C54c5ccccc5-c5ccccc54)c3)c2)cc1. The molecule has 0 radical (unpaired) electrons. The lowest BCUT2D eigenvalue weighted by molar-refractivity contribution is 0.436. The van der Waals surface area contributed by atoms with Gasteiger partial charge in [-0.3, -0.25) is 0 Å². The minimum atomic E-state index is -0.692. The van der Waals surface area contributed by atoms with Crippen LogP contribution in [-0.2, 0) is 5.41 Å². The van der Waals surface area contributed by atoms with Gasteiger partial charge in [-0.1, -0.05) is 176 Å². The van der Waals surface area contributed by atoms with E-state index >= 15 is 0 Å². The van der Waals surface area contributed by atoms with Crippen molar-refractivity contribution in [1.82, 2.24) is 0 Å². The summed E-state index contributed by atoms with van der Waals surface area (Å²) in [6.45, 7) is 0. The number of hydrogen-bond acceptors (Lipinski definition) is 1. The van der Waals surface area contributed by atoms with E-state index in [0.29, 0.717) is 0 Å². The average molecular weight is 669 g/mol. The lowest BCUT2D eigenvalue weighted by atomic mass is 9.66. The van der Waals surface area contributed by atoms with Crippen LogP contribution in [0.1, 0.15) is 22.3 Å². The van der Waals surface area contributed by atoms with Crippen molar-refractivity contribution in [2.75, 3.05) is 0 Å². The lowest BCUT2D eigenvalue weighted by Crippen LogP contribution is -2.32. The van der Waals surface area contributed by atoms with Crippen molar-refractivity contribution in [3.05, 3.63) is 222 Å². The van der Waals surface area contributed by atoms with Gasteiger partial charge in [0.1, 0.15) is 11.5 Å². The summed E-state index contributed by atoms with van der Waals surface area (Å²) in [6.07, 6.45) is 0. The zero-order chi connectivity index (χ0) is 33.8. The highest BCUT2D eigenvalue weighted by Gasteiger charge is 2.50. The van der Waals surface area contributed by atoms with E-state index in [1.807, 2.05) is 0 Å². The first-order valence-corrected chi connectivity index (χ1v) is 18.9. The van der Waals surface area contributed by atoms with Crippen molar-refractivity contribution < 1.29 is 4.74 Å². The van der Waals surface area contributed by atoms with Gasteiger partial charge in [0, 0.05) is 11.1 Å². The molecule has 0 fully saturated rings. The standard InChI is InChI=1S/C49H33OP/c1-3-18-38(19-4-1)51(39-20-5-2-6-21-39)40-22-14-17-36(32-40)34-15-13-16-35(31-34)37-29-30-46-48(33-37)50-47-28-12-11-27-45(47)49(46)43-25-9-7-23-41(43)42-24-8-10-26-44(42)49/h1-33H. The minimum absolute atomic E-state index is 0.450. The van der Waals surface area contributed by atoms with E-state index in [2.05, 4.69) is 200 Å². The average Bonchev–Trinajstić information content (AvgIpc) is 3.49. The Morgan fingerprint density at radius 1 is 0.314 bits per heavy atom. The second-order valence-electron chi connectivity index (χ2n) is 13.3. The Morgan fingerprint density at radius 3 is 1.43 bits per heavy atom. The molecule has 2 aliphatic rings. The predicted molar refractivity (Wildman–Crippen MR) is 213 cm³/mol. The molecule has 2 heteroatoms. The Morgan fingerprint density at radius 2 is 0.784 bits per heavy atom. The number of rotatable bonds is 5. The monoisotopic (exact) mass is 668 g/mol. The molecule has 0 amide bonds. The fraction of sp³-hybridized carbons (Fsp3) is 0.0204. The molecule has 0 atom stereocenters. The molecule has 8 aromatic rings. The molecule has 1 spiro atoms. The van der Waals surface area contributed by atoms with E-state index in [1.165, 1.54) is 60.4 Å². The summed E-state index contributed by atoms with van der Waals surface area (Å²) < 4.78 is 6.80. The lowest BCUT2D eigenvalue weighted by Gasteiger charge is -2.39. The van der Waals surface area contributed by atoms with Crippen LogP contribution in [0.2, 0.25) is 0 Å². The fourth-order valence-corrected chi connectivity index (χ4v) is 10.7. The molecule has 51 heavy (non-hydrogen) atoms. The van der Waals surface area contributed by atoms with Crippen LogP contribution in [0.3, 0.4) is 0 Å². The third-order valence-electron chi connectivity index (χ3n) is 10.5. The third kappa shape index (κ3) is 4.73. The molecule has 0 saturated carbocycles. The van der Waals surface area contributed by atoms with Gasteiger partial charge in [-0.15, -0.1) is 0 Å².